The van der Waals surface area contributed by atoms with Crippen LogP contribution in [0.4, 0.5) is 0 Å². The maximum Gasteiger partial charge on any atom is 0.143 e. The molecular weight excluding hydrogens is 248 g/mol. The van der Waals surface area contributed by atoms with E-state index < -0.39 is 0 Å². The van der Waals surface area contributed by atoms with Crippen molar-refractivity contribution in [2.24, 2.45) is 0 Å². The van der Waals surface area contributed by atoms with E-state index in [-0.39, 0.29) is 0 Å². The predicted octanol–water partition coefficient (Wildman–Crippen LogP) is 3.51. The number of aromatic nitrogens is 2. The van der Waals surface area contributed by atoms with E-state index in [1.165, 1.54) is 0 Å². The van der Waals surface area contributed by atoms with Crippen molar-refractivity contribution in [3.63, 3.8) is 0 Å². The van der Waals surface area contributed by atoms with E-state index in [0.29, 0.717) is 11.7 Å². The summed E-state index contributed by atoms with van der Waals surface area (Å²) in [6.07, 6.45) is 1.74. The molecule has 0 amide bonds. The fraction of sp³-hybridized carbons (Fsp3) is 0.286. The van der Waals surface area contributed by atoms with Crippen molar-refractivity contribution >= 4 is 11.6 Å². The Kier molecular flexibility index (Phi) is 3.82. The molecule has 0 saturated heterocycles. The number of benzene rings is 1. The molecule has 1 heterocycles. The number of hydrogen-bond donors (Lipinski definition) is 0. The van der Waals surface area contributed by atoms with Gasteiger partial charge in [0.05, 0.1) is 18.7 Å². The van der Waals surface area contributed by atoms with E-state index in [9.17, 15) is 0 Å². The molecule has 2 aromatic rings. The van der Waals surface area contributed by atoms with Gasteiger partial charge in [-0.1, -0.05) is 0 Å². The molecule has 18 heavy (non-hydrogen) atoms. The lowest BCUT2D eigenvalue weighted by molar-refractivity contribution is 0.411. The van der Waals surface area contributed by atoms with Crippen molar-refractivity contribution in [2.75, 3.05) is 7.11 Å². The first kappa shape index (κ1) is 12.8. The molecular formula is C14H15ClN2O. The Morgan fingerprint density at radius 2 is 1.94 bits per heavy atom. The molecule has 0 aliphatic heterocycles. The highest BCUT2D eigenvalue weighted by molar-refractivity contribution is 6.16. The van der Waals surface area contributed by atoms with E-state index in [1.54, 1.807) is 13.3 Å². The first-order valence-electron chi connectivity index (χ1n) is 5.69. The number of alkyl halides is 1. The van der Waals surface area contributed by atoms with Crippen LogP contribution in [-0.2, 0) is 5.88 Å². The summed E-state index contributed by atoms with van der Waals surface area (Å²) in [7, 11) is 1.68. The van der Waals surface area contributed by atoms with Crippen LogP contribution in [0.2, 0.25) is 0 Å². The predicted molar refractivity (Wildman–Crippen MR) is 73.1 cm³/mol. The molecule has 2 rings (SSSR count). The van der Waals surface area contributed by atoms with Crippen molar-refractivity contribution in [1.82, 2.24) is 9.97 Å². The Bertz CT molecular complexity index is 570. The first-order chi connectivity index (χ1) is 8.67. The molecule has 0 fully saturated rings. The lowest BCUT2D eigenvalue weighted by Gasteiger charge is -2.12. The van der Waals surface area contributed by atoms with Crippen LogP contribution in [0.3, 0.4) is 0 Å². The minimum absolute atomic E-state index is 0.321. The number of rotatable bonds is 3. The standard InChI is InChI=1S/C14H15ClN2O/c1-9-10(2)13(18-3)5-4-11(9)12-6-7-16-14(8-15)17-12/h4-7H,8H2,1-3H3. The highest BCUT2D eigenvalue weighted by atomic mass is 35.5. The molecule has 0 saturated carbocycles. The number of methoxy groups -OCH3 is 1. The largest absolute Gasteiger partial charge is 0.496 e. The van der Waals surface area contributed by atoms with E-state index >= 15 is 0 Å². The van der Waals surface area contributed by atoms with Gasteiger partial charge in [-0.05, 0) is 43.2 Å². The molecule has 0 bridgehead atoms. The van der Waals surface area contributed by atoms with Crippen LogP contribution in [0.1, 0.15) is 17.0 Å². The van der Waals surface area contributed by atoms with E-state index in [1.807, 2.05) is 25.1 Å². The Morgan fingerprint density at radius 3 is 2.61 bits per heavy atom. The molecule has 94 valence electrons. The maximum atomic E-state index is 5.76. The van der Waals surface area contributed by atoms with Crippen molar-refractivity contribution in [3.05, 3.63) is 41.3 Å². The molecule has 4 heteroatoms. The lowest BCUT2D eigenvalue weighted by Crippen LogP contribution is -1.97. The van der Waals surface area contributed by atoms with Gasteiger partial charge in [-0.3, -0.25) is 0 Å². The third kappa shape index (κ3) is 2.31. The second kappa shape index (κ2) is 5.36. The molecule has 3 nitrogen and oxygen atoms in total. The Hall–Kier alpha value is -1.61. The zero-order chi connectivity index (χ0) is 13.1. The fourth-order valence-electron chi connectivity index (χ4n) is 1.91. The number of ether oxygens (including phenoxy) is 1. The minimum Gasteiger partial charge on any atom is -0.496 e. The molecule has 1 aromatic heterocycles. The number of nitrogens with zero attached hydrogens (tertiary/aromatic N) is 2. The van der Waals surface area contributed by atoms with E-state index in [2.05, 4.69) is 16.9 Å². The third-order valence-electron chi connectivity index (χ3n) is 3.06. The Labute approximate surface area is 112 Å². The molecule has 0 N–H and O–H groups in total. The van der Waals surface area contributed by atoms with Crippen molar-refractivity contribution in [1.29, 1.82) is 0 Å². The fourth-order valence-corrected chi connectivity index (χ4v) is 2.04. The SMILES string of the molecule is COc1ccc(-c2ccnc(CCl)n2)c(C)c1C. The first-order valence-corrected chi connectivity index (χ1v) is 6.23. The summed E-state index contributed by atoms with van der Waals surface area (Å²) in [6, 6.07) is 5.87. The zero-order valence-corrected chi connectivity index (χ0v) is 11.5. The zero-order valence-electron chi connectivity index (χ0n) is 10.7. The van der Waals surface area contributed by atoms with Crippen LogP contribution in [0.5, 0.6) is 5.75 Å². The summed E-state index contributed by atoms with van der Waals surface area (Å²) in [5, 5.41) is 0. The second-order valence-corrected chi connectivity index (χ2v) is 4.32. The lowest BCUT2D eigenvalue weighted by atomic mass is 10.00. The number of halogens is 1. The maximum absolute atomic E-state index is 5.76. The van der Waals surface area contributed by atoms with Gasteiger partial charge in [0.2, 0.25) is 0 Å². The van der Waals surface area contributed by atoms with Gasteiger partial charge in [0.25, 0.3) is 0 Å². The minimum atomic E-state index is 0.321. The molecule has 1 aromatic carbocycles. The van der Waals surface area contributed by atoms with Crippen LogP contribution in [0.25, 0.3) is 11.3 Å². The summed E-state index contributed by atoms with van der Waals surface area (Å²) in [5.41, 5.74) is 4.26. The van der Waals surface area contributed by atoms with Gasteiger partial charge in [0.1, 0.15) is 11.6 Å². The molecule has 0 atom stereocenters. The van der Waals surface area contributed by atoms with Crippen LogP contribution in [-0.4, -0.2) is 17.1 Å². The van der Waals surface area contributed by atoms with Gasteiger partial charge < -0.3 is 4.74 Å². The van der Waals surface area contributed by atoms with Gasteiger partial charge in [-0.25, -0.2) is 9.97 Å². The third-order valence-corrected chi connectivity index (χ3v) is 3.30. The summed E-state index contributed by atoms with van der Waals surface area (Å²) in [4.78, 5) is 8.54. The van der Waals surface area contributed by atoms with Gasteiger partial charge in [-0.2, -0.15) is 0 Å². The van der Waals surface area contributed by atoms with Crippen LogP contribution < -0.4 is 4.74 Å². The number of hydrogen-bond acceptors (Lipinski definition) is 3. The molecule has 0 unspecified atom stereocenters. The molecule has 0 aliphatic carbocycles. The van der Waals surface area contributed by atoms with Crippen LogP contribution >= 0.6 is 11.6 Å². The Balaban J connectivity index is 2.54. The summed E-state index contributed by atoms with van der Waals surface area (Å²) in [5.74, 6) is 1.85. The van der Waals surface area contributed by atoms with Gasteiger partial charge in [0.15, 0.2) is 0 Å². The average molecular weight is 263 g/mol. The topological polar surface area (TPSA) is 35.0 Å². The van der Waals surface area contributed by atoms with E-state index in [0.717, 1.165) is 28.1 Å². The highest BCUT2D eigenvalue weighted by Crippen LogP contribution is 2.29. The van der Waals surface area contributed by atoms with Crippen molar-refractivity contribution in [3.8, 4) is 17.0 Å². The summed E-state index contributed by atoms with van der Waals surface area (Å²) >= 11 is 5.76. The highest BCUT2D eigenvalue weighted by Gasteiger charge is 2.10. The van der Waals surface area contributed by atoms with E-state index in [4.69, 9.17) is 16.3 Å². The second-order valence-electron chi connectivity index (χ2n) is 4.06. The Morgan fingerprint density at radius 1 is 1.17 bits per heavy atom. The van der Waals surface area contributed by atoms with Gasteiger partial charge in [-0.15, -0.1) is 11.6 Å². The van der Waals surface area contributed by atoms with Crippen molar-refractivity contribution in [2.45, 2.75) is 19.7 Å². The van der Waals surface area contributed by atoms with Crippen molar-refractivity contribution < 1.29 is 4.74 Å². The summed E-state index contributed by atoms with van der Waals surface area (Å²) in [6.45, 7) is 4.11. The summed E-state index contributed by atoms with van der Waals surface area (Å²) < 4.78 is 5.31. The quantitative estimate of drug-likeness (QED) is 0.794. The monoisotopic (exact) mass is 262 g/mol. The van der Waals surface area contributed by atoms with Crippen LogP contribution in [0, 0.1) is 13.8 Å². The van der Waals surface area contributed by atoms with Crippen LogP contribution in [0.15, 0.2) is 24.4 Å². The van der Waals surface area contributed by atoms with Gasteiger partial charge in [0, 0.05) is 11.8 Å². The molecule has 0 spiro atoms. The smallest absolute Gasteiger partial charge is 0.143 e. The normalized spacial score (nSPS) is 10.4. The molecule has 0 aliphatic rings. The van der Waals surface area contributed by atoms with Gasteiger partial charge >= 0.3 is 0 Å². The average Bonchev–Trinajstić information content (AvgIpc) is 2.42. The molecule has 0 radical (unpaired) electrons.